The molecule has 1 aliphatic rings. The number of rotatable bonds is 4. The summed E-state index contributed by atoms with van der Waals surface area (Å²) < 4.78 is 3.97. The molecule has 0 bridgehead atoms. The van der Waals surface area contributed by atoms with Gasteiger partial charge in [0.1, 0.15) is 11.5 Å². The van der Waals surface area contributed by atoms with Crippen molar-refractivity contribution in [3.63, 3.8) is 0 Å². The molecule has 0 aliphatic carbocycles. The predicted octanol–water partition coefficient (Wildman–Crippen LogP) is 4.21. The Balaban J connectivity index is 1.36. The molecule has 0 unspecified atom stereocenters. The van der Waals surface area contributed by atoms with Gasteiger partial charge in [-0.15, -0.1) is 5.10 Å². The highest BCUT2D eigenvalue weighted by Gasteiger charge is 2.21. The summed E-state index contributed by atoms with van der Waals surface area (Å²) in [7, 11) is 1.84. The zero-order valence-corrected chi connectivity index (χ0v) is 19.7. The van der Waals surface area contributed by atoms with Crippen LogP contribution in [0.1, 0.15) is 34.8 Å². The second kappa shape index (κ2) is 8.91. The lowest BCUT2D eigenvalue weighted by Crippen LogP contribution is -2.25. The Hall–Kier alpha value is -2.92. The monoisotopic (exact) mass is 539 g/mol. The standard InChI is InChI=1S/C23H22IN7O/c1-30-14-21(28-29-30)16-2-3-18-13-26-22(12-19(18)10-16)27-23(32)17-4-7-25-20(11-17)15-5-8-31(24)9-6-15/h2-4,7,10-15H,5-6,8-9H2,1H3,(H,26,27,32). The number of carbonyl (C=O) groups is 1. The highest BCUT2D eigenvalue weighted by molar-refractivity contribution is 14.1. The fraction of sp³-hybridized carbons (Fsp3) is 0.261. The molecule has 1 N–H and O–H groups in total. The summed E-state index contributed by atoms with van der Waals surface area (Å²) in [5, 5.41) is 13.1. The highest BCUT2D eigenvalue weighted by Crippen LogP contribution is 2.29. The van der Waals surface area contributed by atoms with Gasteiger partial charge in [-0.2, -0.15) is 0 Å². The van der Waals surface area contributed by atoms with Gasteiger partial charge < -0.3 is 5.32 Å². The third-order valence-corrected chi connectivity index (χ3v) is 6.73. The Labute approximate surface area is 199 Å². The summed E-state index contributed by atoms with van der Waals surface area (Å²) in [4.78, 5) is 21.9. The Morgan fingerprint density at radius 2 is 1.94 bits per heavy atom. The number of hydrogen-bond acceptors (Lipinski definition) is 6. The van der Waals surface area contributed by atoms with Gasteiger partial charge >= 0.3 is 0 Å². The summed E-state index contributed by atoms with van der Waals surface area (Å²) in [6, 6.07) is 11.6. The van der Waals surface area contributed by atoms with Crippen LogP contribution in [0.5, 0.6) is 0 Å². The number of amides is 1. The zero-order valence-electron chi connectivity index (χ0n) is 17.6. The van der Waals surface area contributed by atoms with Crippen LogP contribution >= 0.6 is 22.9 Å². The van der Waals surface area contributed by atoms with Crippen molar-refractivity contribution < 1.29 is 4.79 Å². The maximum atomic E-state index is 12.9. The maximum absolute atomic E-state index is 12.9. The Morgan fingerprint density at radius 1 is 1.09 bits per heavy atom. The summed E-state index contributed by atoms with van der Waals surface area (Å²) in [6.45, 7) is 2.09. The first kappa shape index (κ1) is 21.0. The molecule has 1 aliphatic heterocycles. The number of hydrogen-bond donors (Lipinski definition) is 1. The fourth-order valence-corrected chi connectivity index (χ4v) is 4.55. The minimum Gasteiger partial charge on any atom is -0.307 e. The van der Waals surface area contributed by atoms with Crippen LogP contribution < -0.4 is 5.32 Å². The van der Waals surface area contributed by atoms with Crippen LogP contribution in [0.3, 0.4) is 0 Å². The first-order valence-electron chi connectivity index (χ1n) is 10.5. The molecule has 5 rings (SSSR count). The second-order valence-corrected chi connectivity index (χ2v) is 9.38. The molecule has 162 valence electrons. The third kappa shape index (κ3) is 4.49. The molecule has 0 atom stereocenters. The van der Waals surface area contributed by atoms with E-state index >= 15 is 0 Å². The molecule has 0 radical (unpaired) electrons. The van der Waals surface area contributed by atoms with E-state index in [1.165, 1.54) is 0 Å². The average Bonchev–Trinajstić information content (AvgIpc) is 3.25. The predicted molar refractivity (Wildman–Crippen MR) is 131 cm³/mol. The minimum atomic E-state index is -0.183. The lowest BCUT2D eigenvalue weighted by molar-refractivity contribution is 0.102. The minimum absolute atomic E-state index is 0.183. The van der Waals surface area contributed by atoms with E-state index in [9.17, 15) is 4.79 Å². The number of anilines is 1. The van der Waals surface area contributed by atoms with E-state index in [0.717, 1.165) is 53.7 Å². The molecule has 4 heterocycles. The summed E-state index contributed by atoms with van der Waals surface area (Å²) >= 11 is 2.36. The van der Waals surface area contributed by atoms with Gasteiger partial charge in [-0.05, 0) is 42.5 Å². The summed E-state index contributed by atoms with van der Waals surface area (Å²) in [6.07, 6.45) is 7.47. The van der Waals surface area contributed by atoms with Crippen LogP contribution in [0.4, 0.5) is 5.82 Å². The number of piperidine rings is 1. The van der Waals surface area contributed by atoms with Crippen LogP contribution in [0.25, 0.3) is 22.0 Å². The van der Waals surface area contributed by atoms with Gasteiger partial charge in [0.25, 0.3) is 5.91 Å². The molecule has 0 saturated carbocycles. The number of aromatic nitrogens is 5. The topological polar surface area (TPSA) is 88.8 Å². The van der Waals surface area contributed by atoms with Gasteiger partial charge in [-0.3, -0.25) is 14.5 Å². The van der Waals surface area contributed by atoms with Crippen molar-refractivity contribution in [3.8, 4) is 11.3 Å². The van der Waals surface area contributed by atoms with E-state index in [2.05, 4.69) is 51.6 Å². The fourth-order valence-electron chi connectivity index (χ4n) is 3.99. The molecular formula is C23H22IN7O. The average molecular weight is 539 g/mol. The molecule has 32 heavy (non-hydrogen) atoms. The van der Waals surface area contributed by atoms with Crippen molar-refractivity contribution in [2.75, 3.05) is 18.4 Å². The molecule has 1 saturated heterocycles. The normalized spacial score (nSPS) is 15.2. The van der Waals surface area contributed by atoms with Gasteiger partial charge in [0.15, 0.2) is 0 Å². The van der Waals surface area contributed by atoms with Crippen molar-refractivity contribution in [1.29, 1.82) is 0 Å². The largest absolute Gasteiger partial charge is 0.307 e. The molecule has 0 spiro atoms. The molecule has 3 aromatic heterocycles. The SMILES string of the molecule is Cn1cc(-c2ccc3cnc(NC(=O)c4ccnc(C5CCN(I)CC5)c4)cc3c2)nn1. The smallest absolute Gasteiger partial charge is 0.256 e. The molecule has 1 aromatic carbocycles. The quantitative estimate of drug-likeness (QED) is 0.309. The molecule has 4 aromatic rings. The van der Waals surface area contributed by atoms with Crippen molar-refractivity contribution in [2.45, 2.75) is 18.8 Å². The highest BCUT2D eigenvalue weighted by atomic mass is 127. The Morgan fingerprint density at radius 3 is 2.72 bits per heavy atom. The number of fused-ring (bicyclic) bond motifs is 1. The molecule has 1 amide bonds. The lowest BCUT2D eigenvalue weighted by Gasteiger charge is -2.27. The zero-order chi connectivity index (χ0) is 22.1. The molecular weight excluding hydrogens is 517 g/mol. The van der Waals surface area contributed by atoms with E-state index in [0.29, 0.717) is 17.3 Å². The van der Waals surface area contributed by atoms with E-state index in [1.54, 1.807) is 23.1 Å². The van der Waals surface area contributed by atoms with E-state index < -0.39 is 0 Å². The number of halogens is 1. The summed E-state index contributed by atoms with van der Waals surface area (Å²) in [5.74, 6) is 0.722. The van der Waals surface area contributed by atoms with Gasteiger partial charge in [-0.25, -0.2) is 8.10 Å². The first-order chi connectivity index (χ1) is 15.5. The summed E-state index contributed by atoms with van der Waals surface area (Å²) in [5.41, 5.74) is 3.35. The van der Waals surface area contributed by atoms with Crippen molar-refractivity contribution in [3.05, 3.63) is 66.2 Å². The van der Waals surface area contributed by atoms with Crippen molar-refractivity contribution in [2.24, 2.45) is 7.05 Å². The number of benzene rings is 1. The number of pyridine rings is 2. The van der Waals surface area contributed by atoms with Crippen LogP contribution in [0, 0.1) is 0 Å². The maximum Gasteiger partial charge on any atom is 0.256 e. The van der Waals surface area contributed by atoms with Gasteiger partial charge in [0, 0.05) is 83.5 Å². The Bertz CT molecular complexity index is 1280. The van der Waals surface area contributed by atoms with Gasteiger partial charge in [0.2, 0.25) is 0 Å². The number of nitrogens with one attached hydrogen (secondary N) is 1. The van der Waals surface area contributed by atoms with Crippen molar-refractivity contribution in [1.82, 2.24) is 28.1 Å². The van der Waals surface area contributed by atoms with E-state index in [4.69, 9.17) is 0 Å². The first-order valence-corrected chi connectivity index (χ1v) is 11.5. The number of aryl methyl sites for hydroxylation is 1. The number of carbonyl (C=O) groups excluding carboxylic acids is 1. The molecule has 1 fully saturated rings. The van der Waals surface area contributed by atoms with Gasteiger partial charge in [0.05, 0.1) is 6.20 Å². The van der Waals surface area contributed by atoms with Crippen LogP contribution in [0.15, 0.2) is 55.0 Å². The van der Waals surface area contributed by atoms with Crippen LogP contribution in [0.2, 0.25) is 0 Å². The third-order valence-electron chi connectivity index (χ3n) is 5.76. The van der Waals surface area contributed by atoms with Crippen LogP contribution in [-0.2, 0) is 7.05 Å². The molecule has 9 heteroatoms. The Kier molecular flexibility index (Phi) is 5.83. The number of nitrogens with zero attached hydrogens (tertiary/aromatic N) is 6. The van der Waals surface area contributed by atoms with Crippen LogP contribution in [-0.4, -0.2) is 47.1 Å². The molecule has 8 nitrogen and oxygen atoms in total. The van der Waals surface area contributed by atoms with Crippen molar-refractivity contribution >= 4 is 45.4 Å². The second-order valence-electron chi connectivity index (χ2n) is 8.02. The lowest BCUT2D eigenvalue weighted by atomic mass is 9.93. The van der Waals surface area contributed by atoms with E-state index in [1.807, 2.05) is 43.6 Å². The van der Waals surface area contributed by atoms with E-state index in [-0.39, 0.29) is 5.91 Å². The van der Waals surface area contributed by atoms with Gasteiger partial charge in [-0.1, -0.05) is 17.3 Å².